The molecule has 0 saturated heterocycles. The number of carbonyl (C=O) groups excluding carboxylic acids is 3. The van der Waals surface area contributed by atoms with E-state index in [0.29, 0.717) is 0 Å². The Morgan fingerprint density at radius 2 is 1.36 bits per heavy atom. The average molecular weight is 460 g/mol. The van der Waals surface area contributed by atoms with Crippen molar-refractivity contribution in [2.24, 2.45) is 0 Å². The summed E-state index contributed by atoms with van der Waals surface area (Å²) in [7, 11) is 2.30. The van der Waals surface area contributed by atoms with E-state index in [-0.39, 0.29) is 22.9 Å². The zero-order valence-corrected chi connectivity index (χ0v) is 17.3. The number of esters is 3. The number of carbonyl (C=O) groups is 3. The summed E-state index contributed by atoms with van der Waals surface area (Å²) in [5.74, 6) is -3.16. The fourth-order valence-electron chi connectivity index (χ4n) is 2.63. The Balaban J connectivity index is 0.000000189. The van der Waals surface area contributed by atoms with E-state index in [1.54, 1.807) is 0 Å². The number of nitrogens with one attached hydrogen (secondary N) is 2. The summed E-state index contributed by atoms with van der Waals surface area (Å²) in [6.45, 7) is 1.12. The molecule has 0 saturated carbocycles. The Morgan fingerprint density at radius 3 is 1.88 bits per heavy atom. The molecule has 0 spiro atoms. The molecule has 33 heavy (non-hydrogen) atoms. The lowest BCUT2D eigenvalue weighted by atomic mass is 10.3. The first-order valence-corrected chi connectivity index (χ1v) is 8.92. The first kappa shape index (κ1) is 22.7. The quantitative estimate of drug-likeness (QED) is 0.325. The molecule has 0 aliphatic carbocycles. The van der Waals surface area contributed by atoms with Gasteiger partial charge in [0.05, 0.1) is 14.2 Å². The van der Waals surface area contributed by atoms with Crippen LogP contribution in [0, 0.1) is 0 Å². The van der Waals surface area contributed by atoms with E-state index in [2.05, 4.69) is 29.4 Å². The van der Waals surface area contributed by atoms with E-state index >= 15 is 0 Å². The number of hydrogen-bond acceptors (Lipinski definition) is 11. The maximum atomic E-state index is 12.0. The summed E-state index contributed by atoms with van der Waals surface area (Å²) in [5, 5.41) is 9.42. The van der Waals surface area contributed by atoms with Gasteiger partial charge in [0.25, 0.3) is 0 Å². The molecule has 0 aliphatic rings. The van der Waals surface area contributed by atoms with Crippen LogP contribution in [0.15, 0.2) is 34.4 Å². The van der Waals surface area contributed by atoms with Crippen molar-refractivity contribution in [1.29, 1.82) is 0 Å². The summed E-state index contributed by atoms with van der Waals surface area (Å²) in [6.07, 6.45) is 5.48. The lowest BCUT2D eigenvalue weighted by Gasteiger charge is -2.07. The molecule has 4 aromatic rings. The molecular weight excluding hydrogens is 444 g/mol. The van der Waals surface area contributed by atoms with Gasteiger partial charge in [0.1, 0.15) is 0 Å². The molecular formula is C18H16N6O9. The summed E-state index contributed by atoms with van der Waals surface area (Å²) >= 11 is 0. The van der Waals surface area contributed by atoms with E-state index in [9.17, 15) is 29.1 Å². The molecule has 0 aromatic carbocycles. The molecule has 4 aromatic heterocycles. The third-order valence-electron chi connectivity index (χ3n) is 4.08. The SMILES string of the molecule is COC(=O)c1[nH]c2nccn2c(=O)c1O.COC(=O)c1[nH]c2nccn2c(=O)c1OC(C)=O. The van der Waals surface area contributed by atoms with Gasteiger partial charge in [-0.25, -0.2) is 28.4 Å². The van der Waals surface area contributed by atoms with Crippen molar-refractivity contribution in [1.82, 2.24) is 28.7 Å². The number of fused-ring (bicyclic) bond motifs is 2. The molecule has 0 unspecified atom stereocenters. The molecule has 0 bridgehead atoms. The summed E-state index contributed by atoms with van der Waals surface area (Å²) < 4.78 is 15.8. The molecule has 15 nitrogen and oxygen atoms in total. The smallest absolute Gasteiger partial charge is 0.358 e. The predicted octanol–water partition coefficient (Wildman–Crippen LogP) is -0.751. The normalized spacial score (nSPS) is 10.4. The van der Waals surface area contributed by atoms with Gasteiger partial charge in [-0.3, -0.25) is 14.4 Å². The van der Waals surface area contributed by atoms with Crippen LogP contribution in [0.3, 0.4) is 0 Å². The van der Waals surface area contributed by atoms with Gasteiger partial charge in [0, 0.05) is 31.7 Å². The Bertz CT molecular complexity index is 1490. The first-order chi connectivity index (χ1) is 15.7. The van der Waals surface area contributed by atoms with Crippen molar-refractivity contribution < 1.29 is 33.7 Å². The molecule has 15 heteroatoms. The number of aromatic amines is 2. The van der Waals surface area contributed by atoms with E-state index in [4.69, 9.17) is 4.74 Å². The topological polar surface area (TPSA) is 199 Å². The Hall–Kier alpha value is -4.95. The number of rotatable bonds is 3. The molecule has 0 radical (unpaired) electrons. The maximum absolute atomic E-state index is 12.0. The van der Waals surface area contributed by atoms with Crippen LogP contribution >= 0.6 is 0 Å². The summed E-state index contributed by atoms with van der Waals surface area (Å²) in [5.41, 5.74) is -1.95. The molecule has 0 amide bonds. The second-order valence-electron chi connectivity index (χ2n) is 6.11. The number of nitrogens with zero attached hydrogens (tertiary/aromatic N) is 4. The zero-order valence-electron chi connectivity index (χ0n) is 17.3. The van der Waals surface area contributed by atoms with Gasteiger partial charge in [0.2, 0.25) is 23.1 Å². The fourth-order valence-corrected chi connectivity index (χ4v) is 2.63. The van der Waals surface area contributed by atoms with E-state index < -0.39 is 40.5 Å². The minimum Gasteiger partial charge on any atom is -0.501 e. The van der Waals surface area contributed by atoms with Crippen LogP contribution in [0.2, 0.25) is 0 Å². The Kier molecular flexibility index (Phi) is 6.23. The minimum atomic E-state index is -0.825. The first-order valence-electron chi connectivity index (χ1n) is 8.92. The number of imidazole rings is 2. The van der Waals surface area contributed by atoms with E-state index in [1.165, 1.54) is 24.8 Å². The molecule has 3 N–H and O–H groups in total. The monoisotopic (exact) mass is 460 g/mol. The molecule has 0 atom stereocenters. The number of methoxy groups -OCH3 is 2. The Morgan fingerprint density at radius 1 is 0.879 bits per heavy atom. The summed E-state index contributed by atoms with van der Waals surface area (Å²) in [6, 6.07) is 0. The van der Waals surface area contributed by atoms with Crippen LogP contribution in [0.1, 0.15) is 27.9 Å². The van der Waals surface area contributed by atoms with Crippen molar-refractivity contribution in [3.8, 4) is 11.5 Å². The molecule has 172 valence electrons. The third-order valence-corrected chi connectivity index (χ3v) is 4.08. The summed E-state index contributed by atoms with van der Waals surface area (Å²) in [4.78, 5) is 69.8. The van der Waals surface area contributed by atoms with Crippen LogP contribution in [-0.4, -0.2) is 66.0 Å². The Labute approximate surface area is 182 Å². The van der Waals surface area contributed by atoms with Crippen molar-refractivity contribution in [2.75, 3.05) is 14.2 Å². The number of H-pyrrole nitrogens is 2. The van der Waals surface area contributed by atoms with Gasteiger partial charge < -0.3 is 29.3 Å². The van der Waals surface area contributed by atoms with Crippen LogP contribution in [0.4, 0.5) is 0 Å². The lowest BCUT2D eigenvalue weighted by Crippen LogP contribution is -2.23. The fraction of sp³-hybridized carbons (Fsp3) is 0.167. The lowest BCUT2D eigenvalue weighted by molar-refractivity contribution is -0.132. The van der Waals surface area contributed by atoms with Crippen LogP contribution in [0.5, 0.6) is 11.5 Å². The minimum absolute atomic E-state index is 0.149. The van der Waals surface area contributed by atoms with Gasteiger partial charge in [0.15, 0.2) is 11.4 Å². The molecule has 4 rings (SSSR count). The van der Waals surface area contributed by atoms with Crippen molar-refractivity contribution in [3.05, 3.63) is 56.9 Å². The third kappa shape index (κ3) is 4.27. The highest BCUT2D eigenvalue weighted by molar-refractivity contribution is 5.91. The highest BCUT2D eigenvalue weighted by Crippen LogP contribution is 2.13. The molecule has 0 aliphatic heterocycles. The molecule has 4 heterocycles. The van der Waals surface area contributed by atoms with Gasteiger partial charge in [-0.05, 0) is 0 Å². The number of aromatic nitrogens is 6. The standard InChI is InChI=1S/C10H9N3O5.C8H7N3O4/c1-5(14)18-7-6(9(16)17-2)12-10-11-3-4-13(10)8(7)15;1-15-7(14)4-5(12)6(13)11-3-2-9-8(11)10-4/h3-4H,1-2H3,(H,11,12);2-3,12H,1H3,(H,9,10). The van der Waals surface area contributed by atoms with Gasteiger partial charge >= 0.3 is 29.0 Å². The zero-order chi connectivity index (χ0) is 24.3. The second kappa shape index (κ2) is 9.04. The largest absolute Gasteiger partial charge is 0.501 e. The number of aromatic hydroxyl groups is 1. The highest BCUT2D eigenvalue weighted by Gasteiger charge is 2.22. The van der Waals surface area contributed by atoms with Crippen LogP contribution in [0.25, 0.3) is 11.6 Å². The molecule has 0 fully saturated rings. The number of hydrogen-bond donors (Lipinski definition) is 3. The van der Waals surface area contributed by atoms with Crippen molar-refractivity contribution in [3.63, 3.8) is 0 Å². The maximum Gasteiger partial charge on any atom is 0.358 e. The van der Waals surface area contributed by atoms with E-state index in [0.717, 1.165) is 29.9 Å². The van der Waals surface area contributed by atoms with E-state index in [1.807, 2.05) is 0 Å². The predicted molar refractivity (Wildman–Crippen MR) is 107 cm³/mol. The number of ether oxygens (including phenoxy) is 3. The van der Waals surface area contributed by atoms with Crippen molar-refractivity contribution >= 4 is 29.5 Å². The van der Waals surface area contributed by atoms with Crippen LogP contribution < -0.4 is 15.9 Å². The van der Waals surface area contributed by atoms with Crippen LogP contribution in [-0.2, 0) is 14.3 Å². The van der Waals surface area contributed by atoms with Gasteiger partial charge in [-0.2, -0.15) is 0 Å². The van der Waals surface area contributed by atoms with Crippen molar-refractivity contribution in [2.45, 2.75) is 6.92 Å². The second-order valence-corrected chi connectivity index (χ2v) is 6.11. The van der Waals surface area contributed by atoms with Gasteiger partial charge in [-0.1, -0.05) is 0 Å². The average Bonchev–Trinajstić information content (AvgIpc) is 3.46. The van der Waals surface area contributed by atoms with Gasteiger partial charge in [-0.15, -0.1) is 0 Å². The highest BCUT2D eigenvalue weighted by atomic mass is 16.5.